The predicted octanol–water partition coefficient (Wildman–Crippen LogP) is 6.86. The Labute approximate surface area is 217 Å². The summed E-state index contributed by atoms with van der Waals surface area (Å²) in [6.45, 7) is 0.0727. The molecule has 1 N–H and O–H groups in total. The van der Waals surface area contributed by atoms with E-state index in [1.807, 2.05) is 71.6 Å². The highest BCUT2D eigenvalue weighted by molar-refractivity contribution is 5.94. The average Bonchev–Trinajstić information content (AvgIpc) is 3.74. The summed E-state index contributed by atoms with van der Waals surface area (Å²) in [6, 6.07) is 25.1. The smallest absolute Gasteiger partial charge is 0.387 e. The van der Waals surface area contributed by atoms with Crippen LogP contribution in [0.25, 0.3) is 11.1 Å². The van der Waals surface area contributed by atoms with Gasteiger partial charge in [-0.25, -0.2) is 4.79 Å². The minimum atomic E-state index is -2.84. The third kappa shape index (κ3) is 6.66. The summed E-state index contributed by atoms with van der Waals surface area (Å²) in [5.41, 5.74) is 3.64. The Morgan fingerprint density at radius 3 is 2.32 bits per heavy atom. The molecule has 1 aliphatic carbocycles. The fourth-order valence-electron chi connectivity index (χ4n) is 5.10. The molecule has 0 spiro atoms. The minimum Gasteiger partial charge on any atom is -0.434 e. The molecule has 0 unspecified atom stereocenters. The highest BCUT2D eigenvalue weighted by Crippen LogP contribution is 2.33. The summed E-state index contributed by atoms with van der Waals surface area (Å²) in [7, 11) is 0. The number of para-hydroxylation sites is 2. The molecule has 0 radical (unpaired) electrons. The van der Waals surface area contributed by atoms with E-state index in [4.69, 9.17) is 4.74 Å². The number of hydrogen-bond donors (Lipinski definition) is 1. The number of halogens is 2. The molecule has 0 bridgehead atoms. The molecule has 1 heterocycles. The van der Waals surface area contributed by atoms with Gasteiger partial charge in [-0.2, -0.15) is 8.78 Å². The van der Waals surface area contributed by atoms with E-state index in [0.717, 1.165) is 54.9 Å². The van der Waals surface area contributed by atoms with Crippen LogP contribution in [0.4, 0.5) is 19.3 Å². The van der Waals surface area contributed by atoms with Crippen molar-refractivity contribution >= 4 is 11.7 Å². The van der Waals surface area contributed by atoms with Gasteiger partial charge in [0.2, 0.25) is 0 Å². The molecule has 37 heavy (non-hydrogen) atoms. The van der Waals surface area contributed by atoms with Crippen LogP contribution in [0, 0.1) is 5.92 Å². The van der Waals surface area contributed by atoms with Gasteiger partial charge in [-0.15, -0.1) is 0 Å². The van der Waals surface area contributed by atoms with Gasteiger partial charge in [-0.1, -0.05) is 66.7 Å². The van der Waals surface area contributed by atoms with Gasteiger partial charge in [-0.3, -0.25) is 4.90 Å². The van der Waals surface area contributed by atoms with Crippen molar-refractivity contribution in [3.05, 3.63) is 84.4 Å². The second-order valence-electron chi connectivity index (χ2n) is 9.93. The molecule has 3 aromatic rings. The molecule has 1 aliphatic heterocycles. The summed E-state index contributed by atoms with van der Waals surface area (Å²) in [5, 5.41) is 3.20. The lowest BCUT2D eigenvalue weighted by Gasteiger charge is -2.39. The van der Waals surface area contributed by atoms with Crippen LogP contribution in [0.15, 0.2) is 78.9 Å². The van der Waals surface area contributed by atoms with Gasteiger partial charge >= 0.3 is 12.6 Å². The van der Waals surface area contributed by atoms with E-state index >= 15 is 0 Å². The van der Waals surface area contributed by atoms with Crippen LogP contribution in [-0.2, 0) is 6.54 Å². The van der Waals surface area contributed by atoms with Crippen molar-refractivity contribution < 1.29 is 18.3 Å². The summed E-state index contributed by atoms with van der Waals surface area (Å²) in [5.74, 6) is 0.804. The number of alkyl halides is 2. The molecule has 1 saturated heterocycles. The van der Waals surface area contributed by atoms with Crippen LogP contribution in [0.1, 0.15) is 31.2 Å². The van der Waals surface area contributed by atoms with Gasteiger partial charge in [-0.05, 0) is 49.3 Å². The molecule has 0 aromatic heterocycles. The lowest BCUT2D eigenvalue weighted by molar-refractivity contribution is -0.0508. The first-order valence-electron chi connectivity index (χ1n) is 13.0. The summed E-state index contributed by atoms with van der Waals surface area (Å²) >= 11 is 0. The third-order valence-corrected chi connectivity index (χ3v) is 7.25. The van der Waals surface area contributed by atoms with Crippen LogP contribution in [0.3, 0.4) is 0 Å². The van der Waals surface area contributed by atoms with E-state index in [0.29, 0.717) is 12.5 Å². The first-order valence-corrected chi connectivity index (χ1v) is 13.0. The number of ether oxygens (including phenoxy) is 1. The standard InChI is InChI=1S/C30H33F2N3O2/c31-29(32)37-28-13-7-4-10-24(28)21-34-18-16-25(17-19-34)35(20-22-14-15-22)30(36)33-27-12-6-5-11-26(27)23-8-2-1-3-9-23/h1-13,22,25,29H,14-21H2,(H,33,36). The number of anilines is 1. The second kappa shape index (κ2) is 11.7. The predicted molar refractivity (Wildman–Crippen MR) is 142 cm³/mol. The quantitative estimate of drug-likeness (QED) is 0.345. The van der Waals surface area contributed by atoms with Crippen molar-refractivity contribution in [3.63, 3.8) is 0 Å². The maximum Gasteiger partial charge on any atom is 0.387 e. The molecule has 1 saturated carbocycles. The van der Waals surface area contributed by atoms with E-state index in [9.17, 15) is 13.6 Å². The normalized spacial score (nSPS) is 16.5. The van der Waals surface area contributed by atoms with Crippen molar-refractivity contribution in [2.24, 2.45) is 5.92 Å². The summed E-state index contributed by atoms with van der Waals surface area (Å²) in [4.78, 5) is 17.9. The van der Waals surface area contributed by atoms with Gasteiger partial charge in [0.25, 0.3) is 0 Å². The maximum atomic E-state index is 13.6. The lowest BCUT2D eigenvalue weighted by Crippen LogP contribution is -2.49. The molecule has 3 aromatic carbocycles. The van der Waals surface area contributed by atoms with Crippen molar-refractivity contribution in [1.82, 2.24) is 9.80 Å². The summed E-state index contributed by atoms with van der Waals surface area (Å²) < 4.78 is 30.3. The zero-order valence-corrected chi connectivity index (χ0v) is 20.9. The Hall–Kier alpha value is -3.45. The number of benzene rings is 3. The average molecular weight is 506 g/mol. The first kappa shape index (κ1) is 25.2. The molecular formula is C30H33F2N3O2. The number of nitrogens with one attached hydrogen (secondary N) is 1. The Morgan fingerprint density at radius 1 is 0.919 bits per heavy atom. The molecule has 7 heteroatoms. The van der Waals surface area contributed by atoms with Gasteiger partial charge in [0.05, 0.1) is 5.69 Å². The molecule has 5 rings (SSSR count). The molecule has 2 amide bonds. The van der Waals surface area contributed by atoms with Crippen LogP contribution >= 0.6 is 0 Å². The number of piperidine rings is 1. The number of urea groups is 1. The number of carbonyl (C=O) groups is 1. The first-order chi connectivity index (χ1) is 18.1. The number of amides is 2. The third-order valence-electron chi connectivity index (χ3n) is 7.25. The van der Waals surface area contributed by atoms with Crippen molar-refractivity contribution in [3.8, 4) is 16.9 Å². The van der Waals surface area contributed by atoms with Gasteiger partial charge in [0, 0.05) is 43.3 Å². The zero-order chi connectivity index (χ0) is 25.6. The number of rotatable bonds is 9. The largest absolute Gasteiger partial charge is 0.434 e. The van der Waals surface area contributed by atoms with Crippen molar-refractivity contribution in [2.45, 2.75) is 44.9 Å². The Balaban J connectivity index is 1.24. The van der Waals surface area contributed by atoms with Crippen LogP contribution in [0.2, 0.25) is 0 Å². The van der Waals surface area contributed by atoms with Crippen LogP contribution in [-0.4, -0.2) is 48.1 Å². The van der Waals surface area contributed by atoms with Crippen LogP contribution < -0.4 is 10.1 Å². The van der Waals surface area contributed by atoms with E-state index in [1.165, 1.54) is 12.8 Å². The van der Waals surface area contributed by atoms with Crippen molar-refractivity contribution in [1.29, 1.82) is 0 Å². The monoisotopic (exact) mass is 505 g/mol. The number of nitrogens with zero attached hydrogens (tertiary/aromatic N) is 2. The molecule has 0 atom stereocenters. The Kier molecular flexibility index (Phi) is 7.99. The van der Waals surface area contributed by atoms with Gasteiger partial charge < -0.3 is 15.0 Å². The van der Waals surface area contributed by atoms with Crippen molar-refractivity contribution in [2.75, 3.05) is 25.0 Å². The van der Waals surface area contributed by atoms with Gasteiger partial charge in [0.1, 0.15) is 5.75 Å². The molecule has 2 aliphatic rings. The van der Waals surface area contributed by atoms with Gasteiger partial charge in [0.15, 0.2) is 0 Å². The number of hydrogen-bond acceptors (Lipinski definition) is 3. The minimum absolute atomic E-state index is 0.0515. The molecule has 194 valence electrons. The summed E-state index contributed by atoms with van der Waals surface area (Å²) in [6.07, 6.45) is 4.03. The Morgan fingerprint density at radius 2 is 1.59 bits per heavy atom. The SMILES string of the molecule is O=C(Nc1ccccc1-c1ccccc1)N(CC1CC1)C1CCN(Cc2ccccc2OC(F)F)CC1. The zero-order valence-electron chi connectivity index (χ0n) is 20.9. The van der Waals surface area contributed by atoms with E-state index < -0.39 is 6.61 Å². The second-order valence-corrected chi connectivity index (χ2v) is 9.93. The highest BCUT2D eigenvalue weighted by Gasteiger charge is 2.33. The van der Waals surface area contributed by atoms with E-state index in [2.05, 4.69) is 10.2 Å². The number of likely N-dealkylation sites (tertiary alicyclic amines) is 1. The molecule has 5 nitrogen and oxygen atoms in total. The lowest BCUT2D eigenvalue weighted by atomic mass is 10.0. The van der Waals surface area contributed by atoms with E-state index in [-0.39, 0.29) is 17.8 Å². The topological polar surface area (TPSA) is 44.8 Å². The maximum absolute atomic E-state index is 13.6. The molecular weight excluding hydrogens is 472 g/mol. The number of carbonyl (C=O) groups excluding carboxylic acids is 1. The molecule has 2 fully saturated rings. The highest BCUT2D eigenvalue weighted by atomic mass is 19.3. The Bertz CT molecular complexity index is 1180. The fourth-order valence-corrected chi connectivity index (χ4v) is 5.10. The van der Waals surface area contributed by atoms with E-state index in [1.54, 1.807) is 12.1 Å². The fraction of sp³-hybridized carbons (Fsp3) is 0.367. The van der Waals surface area contributed by atoms with Crippen LogP contribution in [0.5, 0.6) is 5.75 Å².